The van der Waals surface area contributed by atoms with E-state index in [-0.39, 0.29) is 28.8 Å². The van der Waals surface area contributed by atoms with Gasteiger partial charge in [0.05, 0.1) is 27.0 Å². The fourth-order valence-corrected chi connectivity index (χ4v) is 5.75. The van der Waals surface area contributed by atoms with Crippen LogP contribution in [0.1, 0.15) is 21.9 Å². The Kier molecular flexibility index (Phi) is 6.92. The number of thiazole rings is 1. The number of hydrogen-bond donors (Lipinski definition) is 2. The maximum Gasteiger partial charge on any atom is 0.293 e. The average Bonchev–Trinajstić information content (AvgIpc) is 3.77. The van der Waals surface area contributed by atoms with Crippen LogP contribution in [0.15, 0.2) is 79.2 Å². The molecule has 17 heteroatoms. The molecule has 2 aromatic carbocycles. The lowest BCUT2D eigenvalue weighted by Crippen LogP contribution is -2.20. The molecular weight excluding hydrogens is 572 g/mol. The number of non-ortho nitro benzene ring substituents is 1. The number of nitrogens with zero attached hydrogens (tertiary/aromatic N) is 8. The second-order valence-corrected chi connectivity index (χ2v) is 10.5. The molecule has 0 unspecified atom stereocenters. The molecule has 0 saturated carbocycles. The Morgan fingerprint density at radius 2 is 2.00 bits per heavy atom. The molecule has 4 heterocycles. The summed E-state index contributed by atoms with van der Waals surface area (Å²) in [5.41, 5.74) is 10.1. The van der Waals surface area contributed by atoms with E-state index in [0.717, 1.165) is 14.6 Å². The molecule has 6 aromatic rings. The zero-order chi connectivity index (χ0) is 28.3. The van der Waals surface area contributed by atoms with Crippen molar-refractivity contribution in [2.24, 2.45) is 5.10 Å². The summed E-state index contributed by atoms with van der Waals surface area (Å²) in [6, 6.07) is 17.0. The number of hydrogen-bond acceptors (Lipinski definition) is 14. The number of para-hydroxylation sites is 1. The van der Waals surface area contributed by atoms with E-state index in [2.05, 4.69) is 36.1 Å². The van der Waals surface area contributed by atoms with E-state index in [1.807, 2.05) is 24.3 Å². The molecule has 0 aliphatic heterocycles. The number of nitrogens with two attached hydrogens (primary N) is 1. The van der Waals surface area contributed by atoms with Gasteiger partial charge in [0.1, 0.15) is 11.5 Å². The highest BCUT2D eigenvalue weighted by atomic mass is 32.2. The Morgan fingerprint density at radius 3 is 2.76 bits per heavy atom. The number of aromatic nitrogens is 6. The number of thioether (sulfide) groups is 1. The van der Waals surface area contributed by atoms with Crippen molar-refractivity contribution in [1.29, 1.82) is 0 Å². The lowest BCUT2D eigenvalue weighted by atomic mass is 10.1. The first-order valence-corrected chi connectivity index (χ1v) is 13.5. The molecule has 0 aliphatic rings. The van der Waals surface area contributed by atoms with E-state index in [1.165, 1.54) is 46.1 Å². The van der Waals surface area contributed by atoms with Crippen molar-refractivity contribution < 1.29 is 18.8 Å². The third kappa shape index (κ3) is 5.38. The molecular formula is C24H16N10O5S2. The van der Waals surface area contributed by atoms with Crippen LogP contribution >= 0.6 is 23.1 Å². The number of carbonyl (C=O) groups is 1. The molecule has 0 atom stereocenters. The summed E-state index contributed by atoms with van der Waals surface area (Å²) in [6.07, 6.45) is 1.31. The van der Waals surface area contributed by atoms with Crippen molar-refractivity contribution in [2.75, 3.05) is 5.73 Å². The Hall–Kier alpha value is -5.42. The molecule has 204 valence electrons. The van der Waals surface area contributed by atoms with Crippen molar-refractivity contribution in [3.63, 3.8) is 0 Å². The Morgan fingerprint density at radius 1 is 1.17 bits per heavy atom. The lowest BCUT2D eigenvalue weighted by molar-refractivity contribution is -0.384. The fraction of sp³-hybridized carbons (Fsp3) is 0.0417. The average molecular weight is 589 g/mol. The van der Waals surface area contributed by atoms with Gasteiger partial charge in [0.25, 0.3) is 11.6 Å². The van der Waals surface area contributed by atoms with Crippen LogP contribution in [0.3, 0.4) is 0 Å². The Labute approximate surface area is 237 Å². The smallest absolute Gasteiger partial charge is 0.293 e. The summed E-state index contributed by atoms with van der Waals surface area (Å²) >= 11 is 2.91. The van der Waals surface area contributed by atoms with Crippen LogP contribution in [-0.2, 0) is 5.75 Å². The van der Waals surface area contributed by atoms with Crippen molar-refractivity contribution >= 4 is 56.9 Å². The van der Waals surface area contributed by atoms with Crippen LogP contribution in [0.25, 0.3) is 27.4 Å². The minimum absolute atomic E-state index is 0.0100. The van der Waals surface area contributed by atoms with Crippen LogP contribution in [0.2, 0.25) is 0 Å². The minimum Gasteiger partial charge on any atom is -0.455 e. The second-order valence-electron chi connectivity index (χ2n) is 8.21. The van der Waals surface area contributed by atoms with Crippen LogP contribution in [0, 0.1) is 10.1 Å². The lowest BCUT2D eigenvalue weighted by Gasteiger charge is -2.04. The van der Waals surface area contributed by atoms with E-state index in [4.69, 9.17) is 14.8 Å². The van der Waals surface area contributed by atoms with Gasteiger partial charge in [0, 0.05) is 23.4 Å². The maximum absolute atomic E-state index is 13.1. The summed E-state index contributed by atoms with van der Waals surface area (Å²) in [4.78, 5) is 28.0. The number of amides is 1. The highest BCUT2D eigenvalue weighted by molar-refractivity contribution is 8.00. The number of nitrogen functional groups attached to an aromatic ring is 1. The van der Waals surface area contributed by atoms with Gasteiger partial charge in [-0.15, -0.1) is 16.4 Å². The summed E-state index contributed by atoms with van der Waals surface area (Å²) in [5, 5.41) is 30.2. The second kappa shape index (κ2) is 11.0. The van der Waals surface area contributed by atoms with Crippen molar-refractivity contribution in [3.8, 4) is 17.1 Å². The standard InChI is InChI=1S/C24H16N10O5S2/c25-21-22(31-39-30-21)33-17(12-40-24-27-16-3-1-2-4-19(16)41-24)20(28-32-33)23(35)29-26-11-15-9-10-18(38-15)13-5-7-14(8-6-13)34(36)37/h1-11H,12H2,(H2,25,30)(H,29,35)/b26-11-. The van der Waals surface area contributed by atoms with Crippen LogP contribution < -0.4 is 11.2 Å². The van der Waals surface area contributed by atoms with Gasteiger partial charge in [-0.05, 0) is 46.7 Å². The molecule has 0 radical (unpaired) electrons. The van der Waals surface area contributed by atoms with Crippen LogP contribution in [0.5, 0.6) is 0 Å². The molecule has 6 rings (SSSR count). The molecule has 3 N–H and O–H groups in total. The monoisotopic (exact) mass is 588 g/mol. The quantitative estimate of drug-likeness (QED) is 0.106. The van der Waals surface area contributed by atoms with Gasteiger partial charge in [0.2, 0.25) is 11.6 Å². The third-order valence-electron chi connectivity index (χ3n) is 5.63. The number of furan rings is 1. The molecule has 0 spiro atoms. The molecule has 1 amide bonds. The van der Waals surface area contributed by atoms with Gasteiger partial charge in [-0.1, -0.05) is 29.1 Å². The van der Waals surface area contributed by atoms with Gasteiger partial charge in [-0.2, -0.15) is 9.78 Å². The topological polar surface area (TPSA) is 206 Å². The molecule has 0 bridgehead atoms. The van der Waals surface area contributed by atoms with Crippen molar-refractivity contribution in [2.45, 2.75) is 10.1 Å². The Bertz CT molecular complexity index is 1870. The summed E-state index contributed by atoms with van der Waals surface area (Å²) in [5.74, 6) is 0.508. The predicted molar refractivity (Wildman–Crippen MR) is 149 cm³/mol. The Balaban J connectivity index is 1.19. The van der Waals surface area contributed by atoms with Gasteiger partial charge in [-0.3, -0.25) is 14.9 Å². The maximum atomic E-state index is 13.1. The van der Waals surface area contributed by atoms with E-state index in [0.29, 0.717) is 22.8 Å². The normalized spacial score (nSPS) is 11.4. The summed E-state index contributed by atoms with van der Waals surface area (Å²) in [6.45, 7) is 0. The number of fused-ring (bicyclic) bond motifs is 1. The first kappa shape index (κ1) is 25.8. The number of carbonyl (C=O) groups excluding carboxylic acids is 1. The molecule has 15 nitrogen and oxygen atoms in total. The van der Waals surface area contributed by atoms with Crippen LogP contribution in [0.4, 0.5) is 11.5 Å². The number of nitro groups is 1. The zero-order valence-corrected chi connectivity index (χ0v) is 22.2. The van der Waals surface area contributed by atoms with Gasteiger partial charge in [-0.25, -0.2) is 15.0 Å². The van der Waals surface area contributed by atoms with E-state index < -0.39 is 10.8 Å². The summed E-state index contributed by atoms with van der Waals surface area (Å²) < 4.78 is 13.5. The first-order valence-electron chi connectivity index (χ1n) is 11.7. The summed E-state index contributed by atoms with van der Waals surface area (Å²) in [7, 11) is 0. The number of benzene rings is 2. The SMILES string of the molecule is Nc1nonc1-n1nnc(C(=O)N/N=C\c2ccc(-c3ccc([N+](=O)[O-])cc3)o2)c1CSc1nc2ccccc2s1. The minimum atomic E-state index is -0.635. The molecule has 4 aromatic heterocycles. The molecule has 0 fully saturated rings. The highest BCUT2D eigenvalue weighted by Gasteiger charge is 2.24. The third-order valence-corrected chi connectivity index (χ3v) is 7.82. The molecule has 0 saturated heterocycles. The van der Waals surface area contributed by atoms with Crippen molar-refractivity contribution in [3.05, 3.63) is 87.9 Å². The van der Waals surface area contributed by atoms with Gasteiger partial charge in [0.15, 0.2) is 10.0 Å². The number of hydrazone groups is 1. The first-order chi connectivity index (χ1) is 20.0. The van der Waals surface area contributed by atoms with E-state index in [1.54, 1.807) is 24.3 Å². The zero-order valence-electron chi connectivity index (χ0n) is 20.6. The number of nitro benzene ring substituents is 1. The number of nitrogens with one attached hydrogen (secondary N) is 1. The van der Waals surface area contributed by atoms with Gasteiger partial charge < -0.3 is 10.2 Å². The highest BCUT2D eigenvalue weighted by Crippen LogP contribution is 2.32. The number of rotatable bonds is 9. The number of anilines is 1. The van der Waals surface area contributed by atoms with E-state index in [9.17, 15) is 14.9 Å². The predicted octanol–water partition coefficient (Wildman–Crippen LogP) is 4.07. The van der Waals surface area contributed by atoms with E-state index >= 15 is 0 Å². The molecule has 0 aliphatic carbocycles. The van der Waals surface area contributed by atoms with Crippen molar-refractivity contribution in [1.82, 2.24) is 35.7 Å². The van der Waals surface area contributed by atoms with Crippen LogP contribution in [-0.4, -0.2) is 47.3 Å². The van der Waals surface area contributed by atoms with Gasteiger partial charge >= 0.3 is 0 Å². The largest absolute Gasteiger partial charge is 0.455 e. The molecule has 41 heavy (non-hydrogen) atoms. The fourth-order valence-electron chi connectivity index (χ4n) is 3.69.